The number of benzene rings is 1. The zero-order valence-corrected chi connectivity index (χ0v) is 10.8. The highest BCUT2D eigenvalue weighted by Crippen LogP contribution is 2.07. The van der Waals surface area contributed by atoms with E-state index in [0.29, 0.717) is 5.56 Å². The molecule has 0 saturated carbocycles. The van der Waals surface area contributed by atoms with Crippen molar-refractivity contribution in [2.24, 2.45) is 0 Å². The molecule has 0 radical (unpaired) electrons. The van der Waals surface area contributed by atoms with Gasteiger partial charge in [0.1, 0.15) is 5.82 Å². The highest BCUT2D eigenvalue weighted by molar-refractivity contribution is 5.75. The van der Waals surface area contributed by atoms with Crippen LogP contribution in [0.15, 0.2) is 30.5 Å². The molecule has 0 spiro atoms. The first-order chi connectivity index (χ1) is 8.65. The van der Waals surface area contributed by atoms with Gasteiger partial charge in [-0.05, 0) is 18.6 Å². The van der Waals surface area contributed by atoms with E-state index < -0.39 is 0 Å². The maximum atomic E-state index is 13.3. The third kappa shape index (κ3) is 4.57. The molecule has 18 heavy (non-hydrogen) atoms. The van der Waals surface area contributed by atoms with Gasteiger partial charge in [0.05, 0.1) is 0 Å². The summed E-state index contributed by atoms with van der Waals surface area (Å²) in [4.78, 5) is 13.2. The quantitative estimate of drug-likeness (QED) is 0.855. The second-order valence-electron chi connectivity index (χ2n) is 4.08. The van der Waals surface area contributed by atoms with Crippen molar-refractivity contribution in [2.75, 3.05) is 13.6 Å². The Kier molecular flexibility index (Phi) is 5.91. The molecule has 1 aromatic rings. The number of hydrogen-bond donors (Lipinski definition) is 1. The van der Waals surface area contributed by atoms with Gasteiger partial charge in [0.25, 0.3) is 0 Å². The van der Waals surface area contributed by atoms with E-state index in [1.807, 2.05) is 0 Å². The SMILES string of the molecule is CCCCN(C)C(=O)N/C=C/c1ccccc1F. The number of carbonyl (C=O) groups excluding carboxylic acids is 1. The van der Waals surface area contributed by atoms with Crippen molar-refractivity contribution in [1.82, 2.24) is 10.2 Å². The molecule has 4 heteroatoms. The number of halogens is 1. The van der Waals surface area contributed by atoms with Gasteiger partial charge in [0.15, 0.2) is 0 Å². The topological polar surface area (TPSA) is 32.3 Å². The molecule has 98 valence electrons. The van der Waals surface area contributed by atoms with E-state index in [-0.39, 0.29) is 11.8 Å². The van der Waals surface area contributed by atoms with E-state index in [9.17, 15) is 9.18 Å². The van der Waals surface area contributed by atoms with Crippen LogP contribution in [-0.4, -0.2) is 24.5 Å². The fraction of sp³-hybridized carbons (Fsp3) is 0.357. The van der Waals surface area contributed by atoms with Crippen molar-refractivity contribution in [3.63, 3.8) is 0 Å². The normalized spacial score (nSPS) is 10.6. The summed E-state index contributed by atoms with van der Waals surface area (Å²) in [5.41, 5.74) is 0.453. The van der Waals surface area contributed by atoms with Crippen molar-refractivity contribution >= 4 is 12.1 Å². The van der Waals surface area contributed by atoms with Crippen LogP contribution in [-0.2, 0) is 0 Å². The second-order valence-corrected chi connectivity index (χ2v) is 4.08. The lowest BCUT2D eigenvalue weighted by atomic mass is 10.2. The van der Waals surface area contributed by atoms with Crippen LogP contribution >= 0.6 is 0 Å². The largest absolute Gasteiger partial charge is 0.328 e. The summed E-state index contributed by atoms with van der Waals surface area (Å²) in [5.74, 6) is -0.303. The molecular weight excluding hydrogens is 231 g/mol. The number of urea groups is 1. The van der Waals surface area contributed by atoms with E-state index in [1.165, 1.54) is 12.3 Å². The molecule has 0 unspecified atom stereocenters. The molecule has 0 bridgehead atoms. The first kappa shape index (κ1) is 14.2. The first-order valence-electron chi connectivity index (χ1n) is 6.08. The Labute approximate surface area is 107 Å². The summed E-state index contributed by atoms with van der Waals surface area (Å²) in [7, 11) is 1.74. The van der Waals surface area contributed by atoms with Crippen LogP contribution in [0.3, 0.4) is 0 Å². The zero-order valence-electron chi connectivity index (χ0n) is 10.8. The van der Waals surface area contributed by atoms with Gasteiger partial charge in [-0.1, -0.05) is 31.5 Å². The molecule has 1 N–H and O–H groups in total. The molecule has 0 aliphatic heterocycles. The average molecular weight is 250 g/mol. The highest BCUT2D eigenvalue weighted by Gasteiger charge is 2.04. The lowest BCUT2D eigenvalue weighted by Gasteiger charge is -2.15. The van der Waals surface area contributed by atoms with Crippen LogP contribution in [0.4, 0.5) is 9.18 Å². The van der Waals surface area contributed by atoms with Crippen molar-refractivity contribution in [2.45, 2.75) is 19.8 Å². The monoisotopic (exact) mass is 250 g/mol. The third-order valence-corrected chi connectivity index (χ3v) is 2.57. The number of carbonyl (C=O) groups is 1. The molecule has 3 nitrogen and oxygen atoms in total. The summed E-state index contributed by atoms with van der Waals surface area (Å²) in [6.45, 7) is 2.79. The number of nitrogens with one attached hydrogen (secondary N) is 1. The first-order valence-corrected chi connectivity index (χ1v) is 6.08. The molecule has 0 atom stereocenters. The summed E-state index contributed by atoms with van der Waals surface area (Å²) < 4.78 is 13.3. The molecule has 1 rings (SSSR count). The van der Waals surface area contributed by atoms with Crippen LogP contribution in [0.2, 0.25) is 0 Å². The minimum atomic E-state index is -0.303. The van der Waals surface area contributed by atoms with E-state index in [1.54, 1.807) is 36.2 Å². The molecule has 0 saturated heterocycles. The fourth-order valence-corrected chi connectivity index (χ4v) is 1.42. The molecular formula is C14H19FN2O. The summed E-state index contributed by atoms with van der Waals surface area (Å²) >= 11 is 0. The maximum Gasteiger partial charge on any atom is 0.321 e. The van der Waals surface area contributed by atoms with E-state index in [4.69, 9.17) is 0 Å². The summed E-state index contributed by atoms with van der Waals surface area (Å²) in [6, 6.07) is 6.23. The Morgan fingerprint density at radius 3 is 2.83 bits per heavy atom. The molecule has 2 amide bonds. The Morgan fingerprint density at radius 2 is 2.17 bits per heavy atom. The van der Waals surface area contributed by atoms with Gasteiger partial charge in [-0.15, -0.1) is 0 Å². The zero-order chi connectivity index (χ0) is 13.4. The fourth-order valence-electron chi connectivity index (χ4n) is 1.42. The number of nitrogens with zero attached hydrogens (tertiary/aromatic N) is 1. The van der Waals surface area contributed by atoms with Crippen molar-refractivity contribution in [3.8, 4) is 0 Å². The van der Waals surface area contributed by atoms with E-state index >= 15 is 0 Å². The van der Waals surface area contributed by atoms with Crippen molar-refractivity contribution in [1.29, 1.82) is 0 Å². The van der Waals surface area contributed by atoms with Crippen LogP contribution in [0.5, 0.6) is 0 Å². The highest BCUT2D eigenvalue weighted by atomic mass is 19.1. The van der Waals surface area contributed by atoms with Gasteiger partial charge in [-0.25, -0.2) is 9.18 Å². The van der Waals surface area contributed by atoms with Crippen molar-refractivity contribution in [3.05, 3.63) is 41.8 Å². The summed E-state index contributed by atoms with van der Waals surface area (Å²) in [6.07, 6.45) is 5.02. The maximum absolute atomic E-state index is 13.3. The molecule has 0 aliphatic carbocycles. The smallest absolute Gasteiger partial charge is 0.321 e. The minimum Gasteiger partial charge on any atom is -0.328 e. The Balaban J connectivity index is 2.45. The Bertz CT molecular complexity index is 418. The summed E-state index contributed by atoms with van der Waals surface area (Å²) in [5, 5.41) is 2.61. The van der Waals surface area contributed by atoms with Gasteiger partial charge >= 0.3 is 6.03 Å². The lowest BCUT2D eigenvalue weighted by Crippen LogP contribution is -2.34. The van der Waals surface area contributed by atoms with Crippen LogP contribution in [0.25, 0.3) is 6.08 Å². The van der Waals surface area contributed by atoms with Gasteiger partial charge in [0, 0.05) is 25.4 Å². The van der Waals surface area contributed by atoms with Crippen LogP contribution in [0.1, 0.15) is 25.3 Å². The van der Waals surface area contributed by atoms with Crippen molar-refractivity contribution < 1.29 is 9.18 Å². The minimum absolute atomic E-state index is 0.184. The van der Waals surface area contributed by atoms with Gasteiger partial charge in [-0.3, -0.25) is 0 Å². The Hall–Kier alpha value is -1.84. The molecule has 0 aliphatic rings. The third-order valence-electron chi connectivity index (χ3n) is 2.57. The molecule has 0 heterocycles. The number of hydrogen-bond acceptors (Lipinski definition) is 1. The average Bonchev–Trinajstić information content (AvgIpc) is 2.38. The molecule has 0 fully saturated rings. The number of unbranched alkanes of at least 4 members (excludes halogenated alkanes) is 1. The Morgan fingerprint density at radius 1 is 1.44 bits per heavy atom. The van der Waals surface area contributed by atoms with Gasteiger partial charge in [0.2, 0.25) is 0 Å². The van der Waals surface area contributed by atoms with E-state index in [0.717, 1.165) is 19.4 Å². The second kappa shape index (κ2) is 7.48. The van der Waals surface area contributed by atoms with Crippen LogP contribution < -0.4 is 5.32 Å². The number of rotatable bonds is 5. The van der Waals surface area contributed by atoms with Crippen LogP contribution in [0, 0.1) is 5.82 Å². The molecule has 0 aromatic heterocycles. The predicted octanol–water partition coefficient (Wildman–Crippen LogP) is 3.24. The molecule has 1 aromatic carbocycles. The lowest BCUT2D eigenvalue weighted by molar-refractivity contribution is 0.212. The van der Waals surface area contributed by atoms with Gasteiger partial charge in [-0.2, -0.15) is 0 Å². The standard InChI is InChI=1S/C14H19FN2O/c1-3-4-11-17(2)14(18)16-10-9-12-7-5-6-8-13(12)15/h5-10H,3-4,11H2,1-2H3,(H,16,18)/b10-9+. The predicted molar refractivity (Wildman–Crippen MR) is 71.5 cm³/mol. The van der Waals surface area contributed by atoms with E-state index in [2.05, 4.69) is 12.2 Å². The van der Waals surface area contributed by atoms with Gasteiger partial charge < -0.3 is 10.2 Å². The number of amides is 2.